The maximum atomic E-state index is 11.3. The molecule has 0 heterocycles. The Kier molecular flexibility index (Phi) is 4.15. The van der Waals surface area contributed by atoms with Gasteiger partial charge in [-0.25, -0.2) is 13.6 Å². The molecule has 7 heteroatoms. The lowest BCUT2D eigenvalue weighted by Crippen LogP contribution is -2.14. The average molecular weight is 266 g/mol. The van der Waals surface area contributed by atoms with Gasteiger partial charge in [0.05, 0.1) is 0 Å². The van der Waals surface area contributed by atoms with Crippen LogP contribution in [0.15, 0.2) is 17.0 Å². The van der Waals surface area contributed by atoms with Crippen LogP contribution in [0.4, 0.5) is 0 Å². The maximum Gasteiger partial charge on any atom is 0.241 e. The van der Waals surface area contributed by atoms with Crippen LogP contribution in [0.1, 0.15) is 5.56 Å². The van der Waals surface area contributed by atoms with E-state index >= 15 is 0 Å². The predicted octanol–water partition coefficient (Wildman–Crippen LogP) is 1.28. The van der Waals surface area contributed by atoms with Gasteiger partial charge in [0.15, 0.2) is 6.79 Å². The van der Waals surface area contributed by atoms with Crippen molar-refractivity contribution in [2.45, 2.75) is 11.8 Å². The molecule has 1 aromatic rings. The Morgan fingerprint density at radius 2 is 2.06 bits per heavy atom. The number of sulfonamides is 1. The smallest absolute Gasteiger partial charge is 0.241 e. The van der Waals surface area contributed by atoms with E-state index in [-0.39, 0.29) is 17.4 Å². The van der Waals surface area contributed by atoms with Gasteiger partial charge in [-0.1, -0.05) is 11.6 Å². The molecule has 0 unspecified atom stereocenters. The predicted molar refractivity (Wildman–Crippen MR) is 60.1 cm³/mol. The van der Waals surface area contributed by atoms with E-state index in [1.807, 2.05) is 0 Å². The summed E-state index contributed by atoms with van der Waals surface area (Å²) in [5.74, 6) is 0.131. The van der Waals surface area contributed by atoms with Gasteiger partial charge in [-0.2, -0.15) is 0 Å². The zero-order valence-electron chi connectivity index (χ0n) is 8.86. The third-order valence-electron chi connectivity index (χ3n) is 1.86. The zero-order chi connectivity index (χ0) is 12.3. The summed E-state index contributed by atoms with van der Waals surface area (Å²) >= 11 is 5.82. The largest absolute Gasteiger partial charge is 0.466 e. The van der Waals surface area contributed by atoms with Gasteiger partial charge in [0.2, 0.25) is 10.0 Å². The summed E-state index contributed by atoms with van der Waals surface area (Å²) in [6.45, 7) is 1.67. The molecule has 0 saturated carbocycles. The third-order valence-corrected chi connectivity index (χ3v) is 3.20. The van der Waals surface area contributed by atoms with Crippen molar-refractivity contribution in [3.05, 3.63) is 22.7 Å². The summed E-state index contributed by atoms with van der Waals surface area (Å²) in [7, 11) is -2.44. The molecule has 0 amide bonds. The summed E-state index contributed by atoms with van der Waals surface area (Å²) < 4.78 is 32.4. The monoisotopic (exact) mass is 265 g/mol. The Bertz CT molecular complexity index is 487. The average Bonchev–Trinajstić information content (AvgIpc) is 2.17. The van der Waals surface area contributed by atoms with Crippen LogP contribution in [-0.2, 0) is 14.8 Å². The van der Waals surface area contributed by atoms with Gasteiger partial charge in [0, 0.05) is 12.1 Å². The van der Waals surface area contributed by atoms with Crippen LogP contribution < -0.4 is 9.88 Å². The van der Waals surface area contributed by atoms with Crippen molar-refractivity contribution in [2.24, 2.45) is 5.14 Å². The van der Waals surface area contributed by atoms with Gasteiger partial charge >= 0.3 is 0 Å². The molecule has 0 aliphatic heterocycles. The molecule has 5 nitrogen and oxygen atoms in total. The minimum atomic E-state index is -3.87. The highest BCUT2D eigenvalue weighted by molar-refractivity contribution is 7.89. The Hall–Kier alpha value is -0.820. The molecule has 0 saturated heterocycles. The second-order valence-corrected chi connectivity index (χ2v) is 5.08. The van der Waals surface area contributed by atoms with Gasteiger partial charge in [0.1, 0.15) is 10.6 Å². The topological polar surface area (TPSA) is 78.6 Å². The second kappa shape index (κ2) is 5.01. The molecule has 1 rings (SSSR count). The van der Waals surface area contributed by atoms with Crippen LogP contribution in [0, 0.1) is 6.92 Å². The Morgan fingerprint density at radius 3 is 2.56 bits per heavy atom. The lowest BCUT2D eigenvalue weighted by Gasteiger charge is -2.11. The molecule has 0 bridgehead atoms. The van der Waals surface area contributed by atoms with Crippen LogP contribution in [0.2, 0.25) is 5.02 Å². The van der Waals surface area contributed by atoms with Crippen molar-refractivity contribution in [1.82, 2.24) is 0 Å². The molecule has 2 N–H and O–H groups in total. The van der Waals surface area contributed by atoms with E-state index in [0.29, 0.717) is 10.6 Å². The van der Waals surface area contributed by atoms with E-state index in [2.05, 4.69) is 0 Å². The van der Waals surface area contributed by atoms with Crippen molar-refractivity contribution in [3.8, 4) is 5.75 Å². The lowest BCUT2D eigenvalue weighted by atomic mass is 10.2. The van der Waals surface area contributed by atoms with Gasteiger partial charge < -0.3 is 9.47 Å². The molecule has 0 atom stereocenters. The van der Waals surface area contributed by atoms with E-state index in [9.17, 15) is 8.42 Å². The van der Waals surface area contributed by atoms with Gasteiger partial charge in [0.25, 0.3) is 0 Å². The second-order valence-electron chi connectivity index (χ2n) is 3.14. The Morgan fingerprint density at radius 1 is 1.44 bits per heavy atom. The van der Waals surface area contributed by atoms with Crippen LogP contribution in [0.5, 0.6) is 5.75 Å². The van der Waals surface area contributed by atoms with E-state index in [1.165, 1.54) is 19.2 Å². The highest BCUT2D eigenvalue weighted by Gasteiger charge is 2.17. The van der Waals surface area contributed by atoms with E-state index in [1.54, 1.807) is 6.92 Å². The lowest BCUT2D eigenvalue weighted by molar-refractivity contribution is 0.0490. The minimum absolute atomic E-state index is 0.0659. The Balaban J connectivity index is 3.28. The fourth-order valence-electron chi connectivity index (χ4n) is 1.09. The summed E-state index contributed by atoms with van der Waals surface area (Å²) in [5, 5.41) is 5.35. The Labute approximate surface area is 99.2 Å². The molecule has 0 spiro atoms. The fourth-order valence-corrected chi connectivity index (χ4v) is 2.00. The summed E-state index contributed by atoms with van der Waals surface area (Å²) in [4.78, 5) is -0.153. The SMILES string of the molecule is COCOc1cc(C)c(Cl)cc1S(N)(=O)=O. The first kappa shape index (κ1) is 13.2. The maximum absolute atomic E-state index is 11.3. The molecule has 16 heavy (non-hydrogen) atoms. The third kappa shape index (κ3) is 3.08. The molecule has 1 aromatic carbocycles. The van der Waals surface area contributed by atoms with Crippen molar-refractivity contribution in [2.75, 3.05) is 13.9 Å². The normalized spacial score (nSPS) is 11.5. The van der Waals surface area contributed by atoms with Gasteiger partial charge in [-0.15, -0.1) is 0 Å². The number of benzene rings is 1. The molecule has 0 aliphatic carbocycles. The number of methoxy groups -OCH3 is 1. The molecular formula is C9H12ClNO4S. The van der Waals surface area contributed by atoms with Crippen molar-refractivity contribution >= 4 is 21.6 Å². The summed E-state index contributed by atoms with van der Waals surface area (Å²) in [6.07, 6.45) is 0. The number of hydrogen-bond donors (Lipinski definition) is 1. The first-order valence-corrected chi connectivity index (χ1v) is 6.23. The van der Waals surface area contributed by atoms with Crippen LogP contribution in [0.25, 0.3) is 0 Å². The van der Waals surface area contributed by atoms with E-state index in [0.717, 1.165) is 0 Å². The molecule has 0 aliphatic rings. The standard InChI is InChI=1S/C9H12ClNO4S/c1-6-3-8(15-5-14-2)9(4-7(6)10)16(11,12)13/h3-4H,5H2,1-2H3,(H2,11,12,13). The number of primary sulfonamides is 1. The number of aryl methyl sites for hydroxylation is 1. The van der Waals surface area contributed by atoms with Crippen LogP contribution >= 0.6 is 11.6 Å². The van der Waals surface area contributed by atoms with Crippen molar-refractivity contribution in [1.29, 1.82) is 0 Å². The van der Waals surface area contributed by atoms with Crippen LogP contribution in [-0.4, -0.2) is 22.3 Å². The van der Waals surface area contributed by atoms with Crippen molar-refractivity contribution < 1.29 is 17.9 Å². The zero-order valence-corrected chi connectivity index (χ0v) is 10.4. The molecule has 0 radical (unpaired) electrons. The molecular weight excluding hydrogens is 254 g/mol. The number of hydrogen-bond acceptors (Lipinski definition) is 4. The summed E-state index contributed by atoms with van der Waals surface area (Å²) in [6, 6.07) is 2.76. The highest BCUT2D eigenvalue weighted by Crippen LogP contribution is 2.29. The van der Waals surface area contributed by atoms with Crippen LogP contribution in [0.3, 0.4) is 0 Å². The first-order chi connectivity index (χ1) is 7.36. The molecule has 90 valence electrons. The summed E-state index contributed by atoms with van der Waals surface area (Å²) in [5.41, 5.74) is 0.695. The van der Waals surface area contributed by atoms with E-state index < -0.39 is 10.0 Å². The minimum Gasteiger partial charge on any atom is -0.466 e. The number of rotatable bonds is 4. The van der Waals surface area contributed by atoms with Gasteiger partial charge in [-0.3, -0.25) is 0 Å². The number of halogens is 1. The highest BCUT2D eigenvalue weighted by atomic mass is 35.5. The first-order valence-electron chi connectivity index (χ1n) is 4.31. The number of nitrogens with two attached hydrogens (primary N) is 1. The quantitative estimate of drug-likeness (QED) is 0.832. The molecule has 0 fully saturated rings. The van der Waals surface area contributed by atoms with E-state index in [4.69, 9.17) is 26.2 Å². The van der Waals surface area contributed by atoms with Crippen molar-refractivity contribution in [3.63, 3.8) is 0 Å². The van der Waals surface area contributed by atoms with Gasteiger partial charge in [-0.05, 0) is 24.6 Å². The fraction of sp³-hybridized carbons (Fsp3) is 0.333. The molecule has 0 aromatic heterocycles. The number of ether oxygens (including phenoxy) is 2.